The number of nitrogens with two attached hydrogens (primary N) is 1. The van der Waals surface area contributed by atoms with Gasteiger partial charge in [-0.2, -0.15) is 0 Å². The Kier molecular flexibility index (Phi) is 4.94. The number of thiophene rings is 1. The highest BCUT2D eigenvalue weighted by molar-refractivity contribution is 7.89. The highest BCUT2D eigenvalue weighted by Crippen LogP contribution is 2.31. The molecule has 4 heterocycles. The molecule has 1 amide bonds. The van der Waals surface area contributed by atoms with E-state index in [1.807, 2.05) is 0 Å². The van der Waals surface area contributed by atoms with E-state index in [1.54, 1.807) is 12.1 Å². The maximum Gasteiger partial charge on any atom is 0.261 e. The lowest BCUT2D eigenvalue weighted by molar-refractivity contribution is 0.0622. The van der Waals surface area contributed by atoms with Gasteiger partial charge in [0.15, 0.2) is 5.06 Å². The van der Waals surface area contributed by atoms with E-state index >= 15 is 0 Å². The summed E-state index contributed by atoms with van der Waals surface area (Å²) in [4.78, 5) is 15.6. The lowest BCUT2D eigenvalue weighted by Crippen LogP contribution is -2.57. The van der Waals surface area contributed by atoms with Gasteiger partial charge in [0.25, 0.3) is 5.91 Å². The van der Waals surface area contributed by atoms with E-state index in [-0.39, 0.29) is 16.8 Å². The third kappa shape index (κ3) is 4.16. The predicted molar refractivity (Wildman–Crippen MR) is 103 cm³/mol. The van der Waals surface area contributed by atoms with E-state index in [1.165, 1.54) is 35.6 Å². The number of carbonyl (C=O) groups is 1. The number of fused-ring (bicyclic) bond motifs is 3. The maximum absolute atomic E-state index is 12.6. The molecular formula is C18H21N3O4S2. The average Bonchev–Trinajstić information content (AvgIpc) is 3.11. The molecule has 0 saturated carbocycles. The second kappa shape index (κ2) is 7.23. The summed E-state index contributed by atoms with van der Waals surface area (Å²) >= 11 is 1.26. The van der Waals surface area contributed by atoms with Crippen LogP contribution in [0.15, 0.2) is 41.3 Å². The number of benzene rings is 1. The van der Waals surface area contributed by atoms with E-state index in [9.17, 15) is 13.2 Å². The van der Waals surface area contributed by atoms with Crippen LogP contribution in [-0.2, 0) is 10.0 Å². The van der Waals surface area contributed by atoms with Crippen LogP contribution < -0.4 is 15.2 Å². The van der Waals surface area contributed by atoms with Gasteiger partial charge in [0.1, 0.15) is 5.75 Å². The minimum atomic E-state index is -3.73. The fourth-order valence-electron chi connectivity index (χ4n) is 3.68. The molecule has 3 saturated heterocycles. The summed E-state index contributed by atoms with van der Waals surface area (Å²) < 4.78 is 28.3. The van der Waals surface area contributed by atoms with E-state index < -0.39 is 10.0 Å². The van der Waals surface area contributed by atoms with Crippen molar-refractivity contribution < 1.29 is 17.9 Å². The van der Waals surface area contributed by atoms with Gasteiger partial charge in [0, 0.05) is 12.6 Å². The number of piperidine rings is 3. The zero-order chi connectivity index (χ0) is 19.0. The van der Waals surface area contributed by atoms with Crippen molar-refractivity contribution in [1.29, 1.82) is 0 Å². The van der Waals surface area contributed by atoms with Gasteiger partial charge in [0.2, 0.25) is 10.0 Å². The molecule has 0 spiro atoms. The second-order valence-electron chi connectivity index (χ2n) is 6.96. The van der Waals surface area contributed by atoms with Crippen LogP contribution in [0.5, 0.6) is 10.8 Å². The molecule has 2 bridgehead atoms. The normalized spacial score (nSPS) is 24.6. The molecule has 9 heteroatoms. The first-order chi connectivity index (χ1) is 12.9. The molecule has 3 fully saturated rings. The van der Waals surface area contributed by atoms with Crippen molar-refractivity contribution in [2.45, 2.75) is 23.8 Å². The minimum Gasteiger partial charge on any atom is -0.447 e. The summed E-state index contributed by atoms with van der Waals surface area (Å²) in [7, 11) is -3.73. The van der Waals surface area contributed by atoms with Crippen LogP contribution in [-0.4, -0.2) is 44.9 Å². The van der Waals surface area contributed by atoms with Crippen LogP contribution in [0.3, 0.4) is 0 Å². The quantitative estimate of drug-likeness (QED) is 0.789. The average molecular weight is 408 g/mol. The van der Waals surface area contributed by atoms with Crippen molar-refractivity contribution >= 4 is 27.3 Å². The summed E-state index contributed by atoms with van der Waals surface area (Å²) in [6.07, 6.45) is 2.30. The lowest BCUT2D eigenvalue weighted by atomic mass is 9.84. The molecule has 5 rings (SSSR count). The Morgan fingerprint density at radius 2 is 1.85 bits per heavy atom. The van der Waals surface area contributed by atoms with Crippen LogP contribution in [0.25, 0.3) is 0 Å². The lowest BCUT2D eigenvalue weighted by Gasteiger charge is -2.44. The second-order valence-corrected chi connectivity index (χ2v) is 9.56. The van der Waals surface area contributed by atoms with Crippen LogP contribution in [0, 0.1) is 5.92 Å². The fraction of sp³-hybridized carbons (Fsp3) is 0.389. The fourth-order valence-corrected chi connectivity index (χ4v) is 4.97. The number of carbonyl (C=O) groups excluding carboxylic acids is 1. The number of amides is 1. The van der Waals surface area contributed by atoms with Gasteiger partial charge < -0.3 is 15.0 Å². The minimum absolute atomic E-state index is 0.0265. The van der Waals surface area contributed by atoms with Crippen molar-refractivity contribution in [1.82, 2.24) is 10.2 Å². The zero-order valence-corrected chi connectivity index (χ0v) is 16.3. The molecule has 0 radical (unpaired) electrons. The van der Waals surface area contributed by atoms with Gasteiger partial charge in [-0.3, -0.25) is 4.79 Å². The van der Waals surface area contributed by atoms with Gasteiger partial charge in [-0.25, -0.2) is 13.6 Å². The van der Waals surface area contributed by atoms with E-state index in [0.29, 0.717) is 21.6 Å². The first-order valence-corrected chi connectivity index (χ1v) is 11.2. The van der Waals surface area contributed by atoms with Gasteiger partial charge >= 0.3 is 0 Å². The largest absolute Gasteiger partial charge is 0.447 e. The number of rotatable bonds is 5. The summed E-state index contributed by atoms with van der Waals surface area (Å²) in [5.41, 5.74) is 0. The summed E-state index contributed by atoms with van der Waals surface area (Å²) in [5, 5.41) is 8.81. The topological polar surface area (TPSA) is 102 Å². The highest BCUT2D eigenvalue weighted by atomic mass is 32.2. The SMILES string of the molecule is NS(=O)(=O)c1ccc(Oc2ccc(C(=O)N[C@H]3CN4CCC3CC4)s2)cc1. The smallest absolute Gasteiger partial charge is 0.261 e. The van der Waals surface area contributed by atoms with E-state index in [4.69, 9.17) is 9.88 Å². The molecule has 3 aliphatic heterocycles. The monoisotopic (exact) mass is 407 g/mol. The number of hydrogen-bond acceptors (Lipinski definition) is 6. The van der Waals surface area contributed by atoms with Gasteiger partial charge in [-0.15, -0.1) is 0 Å². The predicted octanol–water partition coefficient (Wildman–Crippen LogP) is 2.01. The van der Waals surface area contributed by atoms with Gasteiger partial charge in [0.05, 0.1) is 9.77 Å². The molecule has 3 N–H and O–H groups in total. The van der Waals surface area contributed by atoms with Crippen molar-refractivity contribution in [3.05, 3.63) is 41.3 Å². The maximum atomic E-state index is 12.6. The number of nitrogens with zero attached hydrogens (tertiary/aromatic N) is 1. The Morgan fingerprint density at radius 1 is 1.15 bits per heavy atom. The van der Waals surface area contributed by atoms with Crippen LogP contribution >= 0.6 is 11.3 Å². The van der Waals surface area contributed by atoms with Crippen molar-refractivity contribution in [2.24, 2.45) is 11.1 Å². The number of hydrogen-bond donors (Lipinski definition) is 2. The Balaban J connectivity index is 1.39. The van der Waals surface area contributed by atoms with Gasteiger partial charge in [-0.1, -0.05) is 11.3 Å². The Hall–Kier alpha value is -1.94. The highest BCUT2D eigenvalue weighted by Gasteiger charge is 2.35. The molecule has 1 aromatic carbocycles. The zero-order valence-electron chi connectivity index (χ0n) is 14.6. The first-order valence-electron chi connectivity index (χ1n) is 8.82. The van der Waals surface area contributed by atoms with E-state index in [2.05, 4.69) is 10.2 Å². The third-order valence-corrected chi connectivity index (χ3v) is 7.04. The van der Waals surface area contributed by atoms with E-state index in [0.717, 1.165) is 32.5 Å². The van der Waals surface area contributed by atoms with Crippen LogP contribution in [0.2, 0.25) is 0 Å². The number of ether oxygens (including phenoxy) is 1. The number of primary sulfonamides is 1. The molecule has 1 aromatic heterocycles. The van der Waals surface area contributed by atoms with Crippen molar-refractivity contribution in [3.8, 4) is 10.8 Å². The molecule has 144 valence electrons. The van der Waals surface area contributed by atoms with Gasteiger partial charge in [-0.05, 0) is 68.2 Å². The van der Waals surface area contributed by atoms with Crippen LogP contribution in [0.1, 0.15) is 22.5 Å². The molecule has 2 aromatic rings. The molecule has 7 nitrogen and oxygen atoms in total. The molecule has 1 atom stereocenters. The molecular weight excluding hydrogens is 386 g/mol. The number of nitrogens with one attached hydrogen (secondary N) is 1. The summed E-state index contributed by atoms with van der Waals surface area (Å²) in [5.74, 6) is 0.985. The third-order valence-electron chi connectivity index (χ3n) is 5.15. The molecule has 0 unspecified atom stereocenters. The standard InChI is InChI=1S/C18H21N3O4S2/c19-27(23,24)14-3-1-13(2-4-14)25-17-6-5-16(26-17)18(22)20-15-11-21-9-7-12(15)8-10-21/h1-6,12,15H,7-11H2,(H,20,22)(H2,19,23,24)/t15-/m0/s1. The first kappa shape index (κ1) is 18.4. The Labute approximate surface area is 162 Å². The Morgan fingerprint density at radius 3 is 2.44 bits per heavy atom. The van der Waals surface area contributed by atoms with Crippen molar-refractivity contribution in [2.75, 3.05) is 19.6 Å². The summed E-state index contributed by atoms with van der Waals surface area (Å²) in [6.45, 7) is 3.21. The van der Waals surface area contributed by atoms with Crippen LogP contribution in [0.4, 0.5) is 0 Å². The number of sulfonamides is 1. The Bertz CT molecular complexity index is 932. The summed E-state index contributed by atoms with van der Waals surface area (Å²) in [6, 6.07) is 9.55. The van der Waals surface area contributed by atoms with Crippen molar-refractivity contribution in [3.63, 3.8) is 0 Å². The molecule has 27 heavy (non-hydrogen) atoms. The molecule has 3 aliphatic rings. The molecule has 0 aliphatic carbocycles.